The van der Waals surface area contributed by atoms with Gasteiger partial charge in [-0.3, -0.25) is 0 Å². The van der Waals surface area contributed by atoms with Gasteiger partial charge >= 0.3 is 5.97 Å². The van der Waals surface area contributed by atoms with Gasteiger partial charge in [-0.05, 0) is 54.8 Å². The Labute approximate surface area is 192 Å². The van der Waals surface area contributed by atoms with Crippen molar-refractivity contribution < 1.29 is 19.4 Å². The monoisotopic (exact) mass is 442 g/mol. The largest absolute Gasteiger partial charge is 0.489 e. The van der Waals surface area contributed by atoms with Crippen LogP contribution >= 0.6 is 0 Å². The molecular weight excluding hydrogens is 416 g/mol. The van der Waals surface area contributed by atoms with Crippen LogP contribution in [0.4, 0.5) is 0 Å². The Morgan fingerprint density at radius 3 is 2.39 bits per heavy atom. The number of fused-ring (bicyclic) bond motifs is 1. The lowest BCUT2D eigenvalue weighted by atomic mass is 10.1. The quantitative estimate of drug-likeness (QED) is 0.370. The van der Waals surface area contributed by atoms with Crippen LogP contribution in [-0.2, 0) is 11.4 Å². The molecule has 1 aliphatic carbocycles. The summed E-state index contributed by atoms with van der Waals surface area (Å²) in [6.07, 6.45) is 4.70. The van der Waals surface area contributed by atoms with Crippen LogP contribution < -0.4 is 9.47 Å². The van der Waals surface area contributed by atoms with Crippen molar-refractivity contribution in [3.8, 4) is 22.9 Å². The second kappa shape index (κ2) is 9.36. The molecule has 1 aromatic heterocycles. The lowest BCUT2D eigenvalue weighted by Gasteiger charge is -2.17. The highest BCUT2D eigenvalue weighted by Crippen LogP contribution is 2.38. The van der Waals surface area contributed by atoms with Crippen molar-refractivity contribution in [2.45, 2.75) is 38.3 Å². The Bertz CT molecular complexity index is 1240. The molecule has 4 aromatic rings. The minimum atomic E-state index is -0.998. The molecule has 0 bridgehead atoms. The van der Waals surface area contributed by atoms with Crippen LogP contribution in [0.5, 0.6) is 11.5 Å². The van der Waals surface area contributed by atoms with Crippen molar-refractivity contribution in [2.24, 2.45) is 0 Å². The van der Waals surface area contributed by atoms with Crippen molar-refractivity contribution in [3.63, 3.8) is 0 Å². The maximum absolute atomic E-state index is 10.9. The Balaban J connectivity index is 1.44. The lowest BCUT2D eigenvalue weighted by Crippen LogP contribution is -2.09. The number of ether oxygens (including phenoxy) is 2. The number of rotatable bonds is 8. The maximum atomic E-state index is 10.9. The summed E-state index contributed by atoms with van der Waals surface area (Å²) >= 11 is 0. The number of hydrogen-bond donors (Lipinski definition) is 1. The molecular formula is C27H26N2O4. The minimum absolute atomic E-state index is 0.369. The van der Waals surface area contributed by atoms with E-state index < -0.39 is 5.97 Å². The van der Waals surface area contributed by atoms with Crippen LogP contribution in [-0.4, -0.2) is 27.2 Å². The van der Waals surface area contributed by atoms with Gasteiger partial charge in [0.1, 0.15) is 23.9 Å². The fourth-order valence-corrected chi connectivity index (χ4v) is 4.49. The molecule has 0 aliphatic heterocycles. The van der Waals surface area contributed by atoms with E-state index in [9.17, 15) is 4.79 Å². The maximum Gasteiger partial charge on any atom is 0.341 e. The molecule has 1 heterocycles. The molecule has 1 saturated carbocycles. The Kier molecular flexibility index (Phi) is 5.98. The standard InChI is InChI=1S/C27H26N2O4/c30-26(31)18-33-23-14-15-25-24(16-23)28-27(29(25)21-8-4-5-9-21)20-10-12-22(13-11-20)32-17-19-6-2-1-3-7-19/h1-3,6-7,10-16,21H,4-5,8-9,17-18H2,(H,30,31). The molecule has 168 valence electrons. The van der Waals surface area contributed by atoms with Crippen LogP contribution in [0.25, 0.3) is 22.4 Å². The second-order valence-corrected chi connectivity index (χ2v) is 8.38. The van der Waals surface area contributed by atoms with E-state index in [-0.39, 0.29) is 6.61 Å². The number of carboxylic acid groups (broad SMARTS) is 1. The predicted molar refractivity (Wildman–Crippen MR) is 127 cm³/mol. The van der Waals surface area contributed by atoms with Gasteiger partial charge in [0.25, 0.3) is 0 Å². The van der Waals surface area contributed by atoms with E-state index in [0.29, 0.717) is 18.4 Å². The number of aliphatic carboxylic acids is 1. The number of carboxylic acids is 1. The predicted octanol–water partition coefficient (Wildman–Crippen LogP) is 5.86. The van der Waals surface area contributed by atoms with Crippen molar-refractivity contribution >= 4 is 17.0 Å². The van der Waals surface area contributed by atoms with E-state index in [1.165, 1.54) is 12.8 Å². The fraction of sp³-hybridized carbons (Fsp3) is 0.259. The summed E-state index contributed by atoms with van der Waals surface area (Å²) in [5.41, 5.74) is 4.01. The number of benzene rings is 3. The van der Waals surface area contributed by atoms with Gasteiger partial charge in [-0.2, -0.15) is 0 Å². The molecule has 0 unspecified atom stereocenters. The Hall–Kier alpha value is -3.80. The smallest absolute Gasteiger partial charge is 0.341 e. The van der Waals surface area contributed by atoms with E-state index in [1.54, 1.807) is 0 Å². The van der Waals surface area contributed by atoms with E-state index >= 15 is 0 Å². The van der Waals surface area contributed by atoms with Gasteiger partial charge in [0, 0.05) is 17.7 Å². The SMILES string of the molecule is O=C(O)COc1ccc2c(c1)nc(-c1ccc(OCc3ccccc3)cc1)n2C1CCCC1. The molecule has 6 nitrogen and oxygen atoms in total. The van der Waals surface area contributed by atoms with Crippen molar-refractivity contribution in [1.82, 2.24) is 9.55 Å². The van der Waals surface area contributed by atoms with Crippen LogP contribution in [0.3, 0.4) is 0 Å². The first-order valence-electron chi connectivity index (χ1n) is 11.3. The molecule has 5 rings (SSSR count). The van der Waals surface area contributed by atoms with Crippen LogP contribution in [0.15, 0.2) is 72.8 Å². The van der Waals surface area contributed by atoms with Gasteiger partial charge in [-0.15, -0.1) is 0 Å². The summed E-state index contributed by atoms with van der Waals surface area (Å²) in [5.74, 6) is 1.25. The van der Waals surface area contributed by atoms with Crippen molar-refractivity contribution in [1.29, 1.82) is 0 Å². The summed E-state index contributed by atoms with van der Waals surface area (Å²) in [7, 11) is 0. The zero-order valence-corrected chi connectivity index (χ0v) is 18.3. The van der Waals surface area contributed by atoms with Crippen LogP contribution in [0.2, 0.25) is 0 Å². The molecule has 0 saturated heterocycles. The lowest BCUT2D eigenvalue weighted by molar-refractivity contribution is -0.139. The summed E-state index contributed by atoms with van der Waals surface area (Å²) in [6, 6.07) is 24.2. The zero-order valence-electron chi connectivity index (χ0n) is 18.3. The highest BCUT2D eigenvalue weighted by atomic mass is 16.5. The number of carbonyl (C=O) groups is 1. The second-order valence-electron chi connectivity index (χ2n) is 8.38. The number of imidazole rings is 1. The number of hydrogen-bond acceptors (Lipinski definition) is 4. The molecule has 1 aliphatic rings. The summed E-state index contributed by atoms with van der Waals surface area (Å²) < 4.78 is 13.6. The molecule has 0 spiro atoms. The number of nitrogens with zero attached hydrogens (tertiary/aromatic N) is 2. The van der Waals surface area contributed by atoms with Gasteiger partial charge in [-0.25, -0.2) is 9.78 Å². The molecule has 0 atom stereocenters. The van der Waals surface area contributed by atoms with Gasteiger partial charge in [0.2, 0.25) is 0 Å². The van der Waals surface area contributed by atoms with Crippen molar-refractivity contribution in [2.75, 3.05) is 6.61 Å². The highest BCUT2D eigenvalue weighted by Gasteiger charge is 2.23. The number of aromatic nitrogens is 2. The van der Waals surface area contributed by atoms with E-state index in [4.69, 9.17) is 19.6 Å². The average Bonchev–Trinajstić information content (AvgIpc) is 3.50. The molecule has 1 N–H and O–H groups in total. The molecule has 1 fully saturated rings. The van der Waals surface area contributed by atoms with Crippen LogP contribution in [0.1, 0.15) is 37.3 Å². The minimum Gasteiger partial charge on any atom is -0.489 e. The molecule has 0 radical (unpaired) electrons. The first-order valence-corrected chi connectivity index (χ1v) is 11.3. The summed E-state index contributed by atoms with van der Waals surface area (Å²) in [6.45, 7) is 0.159. The normalized spacial score (nSPS) is 13.9. The topological polar surface area (TPSA) is 73.6 Å². The molecule has 33 heavy (non-hydrogen) atoms. The molecule has 0 amide bonds. The third kappa shape index (κ3) is 4.70. The van der Waals surface area contributed by atoms with E-state index in [0.717, 1.165) is 46.6 Å². The summed E-state index contributed by atoms with van der Waals surface area (Å²) in [5, 5.41) is 8.90. The van der Waals surface area contributed by atoms with Gasteiger partial charge in [-0.1, -0.05) is 43.2 Å². The van der Waals surface area contributed by atoms with Crippen molar-refractivity contribution in [3.05, 3.63) is 78.4 Å². The van der Waals surface area contributed by atoms with E-state index in [2.05, 4.69) is 16.7 Å². The van der Waals surface area contributed by atoms with Gasteiger partial charge in [0.15, 0.2) is 6.61 Å². The Morgan fingerprint density at radius 1 is 0.939 bits per heavy atom. The first kappa shape index (κ1) is 21.1. The third-order valence-corrected chi connectivity index (χ3v) is 6.07. The zero-order chi connectivity index (χ0) is 22.6. The fourth-order valence-electron chi connectivity index (χ4n) is 4.49. The van der Waals surface area contributed by atoms with Crippen LogP contribution in [0, 0.1) is 0 Å². The average molecular weight is 443 g/mol. The third-order valence-electron chi connectivity index (χ3n) is 6.07. The summed E-state index contributed by atoms with van der Waals surface area (Å²) in [4.78, 5) is 15.8. The highest BCUT2D eigenvalue weighted by molar-refractivity contribution is 5.82. The van der Waals surface area contributed by atoms with Gasteiger partial charge < -0.3 is 19.1 Å². The molecule has 6 heteroatoms. The van der Waals surface area contributed by atoms with E-state index in [1.807, 2.05) is 60.7 Å². The first-order chi connectivity index (χ1) is 16.2. The Morgan fingerprint density at radius 2 is 1.67 bits per heavy atom. The molecule has 3 aromatic carbocycles. The van der Waals surface area contributed by atoms with Gasteiger partial charge in [0.05, 0.1) is 11.0 Å².